The van der Waals surface area contributed by atoms with Crippen LogP contribution in [0.15, 0.2) is 60.7 Å². The molecule has 0 saturated carbocycles. The summed E-state index contributed by atoms with van der Waals surface area (Å²) < 4.78 is 0. The molecule has 0 saturated heterocycles. The van der Waals surface area contributed by atoms with Gasteiger partial charge in [0, 0.05) is 5.56 Å². The third kappa shape index (κ3) is 2.92. The molecule has 0 aliphatic heterocycles. The lowest BCUT2D eigenvalue weighted by atomic mass is 10.0. The summed E-state index contributed by atoms with van der Waals surface area (Å²) in [6.45, 7) is 1.81. The van der Waals surface area contributed by atoms with Crippen molar-refractivity contribution in [3.63, 3.8) is 0 Å². The van der Waals surface area contributed by atoms with Gasteiger partial charge in [0.25, 0.3) is 5.91 Å². The highest BCUT2D eigenvalue weighted by molar-refractivity contribution is 6.14. The van der Waals surface area contributed by atoms with Crippen molar-refractivity contribution in [2.24, 2.45) is 0 Å². The van der Waals surface area contributed by atoms with E-state index in [1.807, 2.05) is 43.3 Å². The Labute approximate surface area is 133 Å². The summed E-state index contributed by atoms with van der Waals surface area (Å²) >= 11 is 0. The number of anilines is 1. The minimum absolute atomic E-state index is 0.0820. The highest BCUT2D eigenvalue weighted by Crippen LogP contribution is 2.22. The Kier molecular flexibility index (Phi) is 3.81. The number of fused-ring (bicyclic) bond motifs is 1. The SMILES string of the molecule is Cc1ccc(NC(=O)c2cccc3ccccc23)c(C(=O)O)c1. The molecular weight excluding hydrogens is 290 g/mol. The van der Waals surface area contributed by atoms with Crippen molar-refractivity contribution in [1.29, 1.82) is 0 Å². The average molecular weight is 305 g/mol. The van der Waals surface area contributed by atoms with Gasteiger partial charge in [-0.3, -0.25) is 4.79 Å². The van der Waals surface area contributed by atoms with Gasteiger partial charge < -0.3 is 10.4 Å². The van der Waals surface area contributed by atoms with Crippen LogP contribution in [0, 0.1) is 6.92 Å². The number of nitrogens with one attached hydrogen (secondary N) is 1. The number of carboxylic acids is 1. The zero-order valence-corrected chi connectivity index (χ0v) is 12.5. The van der Waals surface area contributed by atoms with Gasteiger partial charge in [0.2, 0.25) is 0 Å². The molecule has 2 N–H and O–H groups in total. The summed E-state index contributed by atoms with van der Waals surface area (Å²) in [6, 6.07) is 18.0. The minimum Gasteiger partial charge on any atom is -0.478 e. The van der Waals surface area contributed by atoms with Crippen LogP contribution in [0.1, 0.15) is 26.3 Å². The summed E-state index contributed by atoms with van der Waals surface area (Å²) in [6.07, 6.45) is 0. The van der Waals surface area contributed by atoms with E-state index >= 15 is 0 Å². The van der Waals surface area contributed by atoms with Gasteiger partial charge in [0.1, 0.15) is 0 Å². The molecule has 0 aliphatic rings. The van der Waals surface area contributed by atoms with Crippen LogP contribution in [0.25, 0.3) is 10.8 Å². The van der Waals surface area contributed by atoms with Crippen LogP contribution in [-0.4, -0.2) is 17.0 Å². The Morgan fingerprint density at radius 3 is 2.43 bits per heavy atom. The molecule has 4 nitrogen and oxygen atoms in total. The van der Waals surface area contributed by atoms with Gasteiger partial charge in [-0.2, -0.15) is 0 Å². The van der Waals surface area contributed by atoms with E-state index in [4.69, 9.17) is 0 Å². The number of hydrogen-bond acceptors (Lipinski definition) is 2. The molecule has 23 heavy (non-hydrogen) atoms. The Balaban J connectivity index is 2.00. The molecule has 4 heteroatoms. The largest absolute Gasteiger partial charge is 0.478 e. The summed E-state index contributed by atoms with van der Waals surface area (Å²) in [7, 11) is 0. The average Bonchev–Trinajstić information content (AvgIpc) is 2.55. The number of aryl methyl sites for hydroxylation is 1. The monoisotopic (exact) mass is 305 g/mol. The van der Waals surface area contributed by atoms with Gasteiger partial charge in [-0.15, -0.1) is 0 Å². The maximum atomic E-state index is 12.6. The van der Waals surface area contributed by atoms with Gasteiger partial charge in [-0.05, 0) is 35.9 Å². The second-order valence-electron chi connectivity index (χ2n) is 5.34. The molecule has 114 valence electrons. The molecule has 0 spiro atoms. The lowest BCUT2D eigenvalue weighted by molar-refractivity contribution is 0.0698. The molecule has 3 rings (SSSR count). The predicted molar refractivity (Wildman–Crippen MR) is 90.0 cm³/mol. The highest BCUT2D eigenvalue weighted by Gasteiger charge is 2.15. The predicted octanol–water partition coefficient (Wildman–Crippen LogP) is 4.10. The van der Waals surface area contributed by atoms with Crippen molar-refractivity contribution in [2.75, 3.05) is 5.32 Å². The van der Waals surface area contributed by atoms with E-state index in [2.05, 4.69) is 5.32 Å². The van der Waals surface area contributed by atoms with Crippen LogP contribution in [0.5, 0.6) is 0 Å². The van der Waals surface area contributed by atoms with E-state index in [1.165, 1.54) is 0 Å². The van der Waals surface area contributed by atoms with Crippen LogP contribution >= 0.6 is 0 Å². The summed E-state index contributed by atoms with van der Waals surface area (Å²) in [5.74, 6) is -1.39. The lowest BCUT2D eigenvalue weighted by Gasteiger charge is -2.11. The zero-order valence-electron chi connectivity index (χ0n) is 12.5. The Morgan fingerprint density at radius 2 is 1.65 bits per heavy atom. The number of amides is 1. The minimum atomic E-state index is -1.07. The number of aromatic carboxylic acids is 1. The van der Waals surface area contributed by atoms with Crippen LogP contribution in [0.2, 0.25) is 0 Å². The molecule has 0 unspecified atom stereocenters. The van der Waals surface area contributed by atoms with Crippen molar-refractivity contribution in [2.45, 2.75) is 6.92 Å². The lowest BCUT2D eigenvalue weighted by Crippen LogP contribution is -2.15. The standard InChI is InChI=1S/C19H15NO3/c1-12-9-10-17(16(11-12)19(22)23)20-18(21)15-8-4-6-13-5-2-3-7-14(13)15/h2-11H,1H3,(H,20,21)(H,22,23). The van der Waals surface area contributed by atoms with Gasteiger partial charge in [-0.25, -0.2) is 4.79 Å². The molecule has 0 bridgehead atoms. The Hall–Kier alpha value is -3.14. The van der Waals surface area contributed by atoms with Gasteiger partial charge >= 0.3 is 5.97 Å². The maximum absolute atomic E-state index is 12.6. The molecule has 3 aromatic rings. The quantitative estimate of drug-likeness (QED) is 0.765. The second-order valence-corrected chi connectivity index (χ2v) is 5.34. The Morgan fingerprint density at radius 1 is 0.913 bits per heavy atom. The fourth-order valence-corrected chi connectivity index (χ4v) is 2.56. The number of hydrogen-bond donors (Lipinski definition) is 2. The summed E-state index contributed by atoms with van der Waals surface area (Å²) in [4.78, 5) is 23.9. The van der Waals surface area contributed by atoms with E-state index in [0.29, 0.717) is 11.3 Å². The first kappa shape index (κ1) is 14.8. The molecule has 0 heterocycles. The van der Waals surface area contributed by atoms with Crippen molar-refractivity contribution in [1.82, 2.24) is 0 Å². The van der Waals surface area contributed by atoms with E-state index in [9.17, 15) is 14.7 Å². The number of carbonyl (C=O) groups is 2. The third-order valence-electron chi connectivity index (χ3n) is 3.69. The Bertz CT molecular complexity index is 910. The van der Waals surface area contributed by atoms with Crippen molar-refractivity contribution in [3.05, 3.63) is 77.4 Å². The molecule has 0 fully saturated rings. The molecule has 3 aromatic carbocycles. The number of rotatable bonds is 3. The third-order valence-corrected chi connectivity index (χ3v) is 3.69. The van der Waals surface area contributed by atoms with Gasteiger partial charge in [0.05, 0.1) is 11.3 Å². The normalized spacial score (nSPS) is 10.5. The summed E-state index contributed by atoms with van der Waals surface area (Å²) in [5, 5.41) is 13.8. The van der Waals surface area contributed by atoms with Crippen molar-refractivity contribution in [3.8, 4) is 0 Å². The number of benzene rings is 3. The van der Waals surface area contributed by atoms with Gasteiger partial charge in [-0.1, -0.05) is 48.0 Å². The van der Waals surface area contributed by atoms with Crippen molar-refractivity contribution < 1.29 is 14.7 Å². The molecule has 0 atom stereocenters. The first-order valence-corrected chi connectivity index (χ1v) is 7.19. The second kappa shape index (κ2) is 5.93. The fourth-order valence-electron chi connectivity index (χ4n) is 2.56. The maximum Gasteiger partial charge on any atom is 0.337 e. The molecule has 1 amide bonds. The van der Waals surface area contributed by atoms with Crippen molar-refractivity contribution >= 4 is 28.3 Å². The van der Waals surface area contributed by atoms with E-state index in [0.717, 1.165) is 16.3 Å². The van der Waals surface area contributed by atoms with E-state index < -0.39 is 5.97 Å². The zero-order chi connectivity index (χ0) is 16.4. The molecule has 0 radical (unpaired) electrons. The molecule has 0 aromatic heterocycles. The first-order valence-electron chi connectivity index (χ1n) is 7.19. The van der Waals surface area contributed by atoms with Crippen LogP contribution < -0.4 is 5.32 Å². The van der Waals surface area contributed by atoms with Crippen LogP contribution in [-0.2, 0) is 0 Å². The van der Waals surface area contributed by atoms with Gasteiger partial charge in [0.15, 0.2) is 0 Å². The van der Waals surface area contributed by atoms with E-state index in [-0.39, 0.29) is 11.5 Å². The fraction of sp³-hybridized carbons (Fsp3) is 0.0526. The highest BCUT2D eigenvalue weighted by atomic mass is 16.4. The van der Waals surface area contributed by atoms with Crippen LogP contribution in [0.4, 0.5) is 5.69 Å². The topological polar surface area (TPSA) is 66.4 Å². The van der Waals surface area contributed by atoms with E-state index in [1.54, 1.807) is 24.3 Å². The molecule has 0 aliphatic carbocycles. The first-order chi connectivity index (χ1) is 11.1. The summed E-state index contributed by atoms with van der Waals surface area (Å²) in [5.41, 5.74) is 1.71. The smallest absolute Gasteiger partial charge is 0.337 e. The molecular formula is C19H15NO3. The van der Waals surface area contributed by atoms with Crippen LogP contribution in [0.3, 0.4) is 0 Å². The number of carbonyl (C=O) groups excluding carboxylic acids is 1. The number of carboxylic acid groups (broad SMARTS) is 1.